The maximum absolute atomic E-state index is 12.8. The Labute approximate surface area is 105 Å². The molecule has 1 atom stereocenters. The molecule has 0 heterocycles. The molecule has 17 heavy (non-hydrogen) atoms. The van der Waals surface area contributed by atoms with E-state index in [1.165, 1.54) is 12.1 Å². The molecule has 0 amide bonds. The third-order valence-electron chi connectivity index (χ3n) is 1.98. The van der Waals surface area contributed by atoms with E-state index >= 15 is 0 Å². The average molecular weight is 296 g/mol. The number of alkyl halides is 5. The lowest BCUT2D eigenvalue weighted by Crippen LogP contribution is -2.45. The van der Waals surface area contributed by atoms with Crippen molar-refractivity contribution < 1.29 is 22.0 Å². The predicted octanol–water partition coefficient (Wildman–Crippen LogP) is 3.96. The smallest absolute Gasteiger partial charge is 0.319 e. The molecule has 0 aliphatic carbocycles. The molecule has 0 aromatic heterocycles. The third kappa shape index (κ3) is 3.43. The van der Waals surface area contributed by atoms with Crippen LogP contribution in [0.25, 0.3) is 0 Å². The molecular weight excluding hydrogens is 288 g/mol. The Bertz CT molecular complexity index is 380. The zero-order chi connectivity index (χ0) is 12.6. The number of rotatable bonds is 2. The summed E-state index contributed by atoms with van der Waals surface area (Å²) in [6.07, 6.45) is -5.69. The van der Waals surface area contributed by atoms with Crippen LogP contribution in [0.4, 0.5) is 22.0 Å². The average Bonchev–Trinajstić information content (AvgIpc) is 2.14. The summed E-state index contributed by atoms with van der Waals surface area (Å²) in [6.45, 7) is 0. The molecule has 98 valence electrons. The summed E-state index contributed by atoms with van der Waals surface area (Å²) in [5.41, 5.74) is 4.53. The van der Waals surface area contributed by atoms with Gasteiger partial charge in [0.2, 0.25) is 0 Å². The first-order valence-corrected chi connectivity index (χ1v) is 4.49. The summed E-state index contributed by atoms with van der Waals surface area (Å²) >= 11 is 5.47. The van der Waals surface area contributed by atoms with E-state index in [1.807, 2.05) is 0 Å². The standard InChI is InChI=1S/C9H7ClF5N.ClH/c10-6-3-1-2-5(4-6)7(16)8(11,12)9(13,14)15;/h1-4,7H,16H2;1H/t7-;/m0./s1. The molecule has 0 saturated heterocycles. The van der Waals surface area contributed by atoms with Crippen molar-refractivity contribution in [3.05, 3.63) is 34.9 Å². The molecule has 0 aliphatic rings. The molecule has 1 nitrogen and oxygen atoms in total. The van der Waals surface area contributed by atoms with E-state index in [9.17, 15) is 22.0 Å². The number of benzene rings is 1. The monoisotopic (exact) mass is 295 g/mol. The Morgan fingerprint density at radius 1 is 1.12 bits per heavy atom. The van der Waals surface area contributed by atoms with E-state index in [0.717, 1.165) is 12.1 Å². The Hall–Kier alpha value is -0.590. The van der Waals surface area contributed by atoms with Gasteiger partial charge in [0.1, 0.15) is 6.04 Å². The van der Waals surface area contributed by atoms with E-state index in [-0.39, 0.29) is 23.0 Å². The highest BCUT2D eigenvalue weighted by Gasteiger charge is 2.61. The Kier molecular flexibility index (Phi) is 5.18. The molecule has 0 radical (unpaired) electrons. The molecule has 8 heteroatoms. The van der Waals surface area contributed by atoms with Gasteiger partial charge in [0.15, 0.2) is 0 Å². The molecule has 0 unspecified atom stereocenters. The van der Waals surface area contributed by atoms with Crippen LogP contribution < -0.4 is 5.73 Å². The van der Waals surface area contributed by atoms with Gasteiger partial charge in [0.05, 0.1) is 0 Å². The van der Waals surface area contributed by atoms with Crippen molar-refractivity contribution in [1.82, 2.24) is 0 Å². The fraction of sp³-hybridized carbons (Fsp3) is 0.333. The Balaban J connectivity index is 0.00000256. The summed E-state index contributed by atoms with van der Waals surface area (Å²) in [7, 11) is 0. The maximum atomic E-state index is 12.8. The molecule has 0 saturated carbocycles. The zero-order valence-electron chi connectivity index (χ0n) is 8.14. The van der Waals surface area contributed by atoms with Crippen molar-refractivity contribution in [3.63, 3.8) is 0 Å². The van der Waals surface area contributed by atoms with Gasteiger partial charge in [-0.3, -0.25) is 0 Å². The predicted molar refractivity (Wildman–Crippen MR) is 56.6 cm³/mol. The lowest BCUT2D eigenvalue weighted by molar-refractivity contribution is -0.291. The van der Waals surface area contributed by atoms with Crippen LogP contribution >= 0.6 is 24.0 Å². The van der Waals surface area contributed by atoms with Crippen LogP contribution in [-0.4, -0.2) is 12.1 Å². The molecule has 0 aliphatic heterocycles. The summed E-state index contributed by atoms with van der Waals surface area (Å²) < 4.78 is 61.7. The Morgan fingerprint density at radius 3 is 2.06 bits per heavy atom. The van der Waals surface area contributed by atoms with Crippen LogP contribution in [0, 0.1) is 0 Å². The van der Waals surface area contributed by atoms with E-state index in [1.54, 1.807) is 0 Å². The van der Waals surface area contributed by atoms with Gasteiger partial charge in [-0.05, 0) is 17.7 Å². The second-order valence-corrected chi connectivity index (χ2v) is 3.59. The van der Waals surface area contributed by atoms with Crippen LogP contribution in [0.15, 0.2) is 24.3 Å². The lowest BCUT2D eigenvalue weighted by atomic mass is 10.0. The minimum atomic E-state index is -5.69. The molecule has 1 rings (SSSR count). The van der Waals surface area contributed by atoms with Crippen molar-refractivity contribution in [2.45, 2.75) is 18.1 Å². The fourth-order valence-corrected chi connectivity index (χ4v) is 1.28. The highest BCUT2D eigenvalue weighted by molar-refractivity contribution is 6.30. The molecule has 1 aromatic carbocycles. The number of halogens is 7. The quantitative estimate of drug-likeness (QED) is 0.821. The molecule has 0 spiro atoms. The molecule has 1 aromatic rings. The first-order valence-electron chi connectivity index (χ1n) is 4.12. The topological polar surface area (TPSA) is 26.0 Å². The molecule has 0 fully saturated rings. The van der Waals surface area contributed by atoms with Crippen LogP contribution in [0.2, 0.25) is 5.02 Å². The first-order chi connectivity index (χ1) is 7.16. The van der Waals surface area contributed by atoms with E-state index in [4.69, 9.17) is 17.3 Å². The number of nitrogens with two attached hydrogens (primary N) is 1. The van der Waals surface area contributed by atoms with Crippen molar-refractivity contribution in [2.75, 3.05) is 0 Å². The highest BCUT2D eigenvalue weighted by atomic mass is 35.5. The zero-order valence-corrected chi connectivity index (χ0v) is 9.71. The van der Waals surface area contributed by atoms with Crippen LogP contribution in [0.3, 0.4) is 0 Å². The SMILES string of the molecule is Cl.N[C@@H](c1cccc(Cl)c1)C(F)(F)C(F)(F)F. The normalized spacial score (nSPS) is 14.1. The van der Waals surface area contributed by atoms with Crippen molar-refractivity contribution >= 4 is 24.0 Å². The first kappa shape index (κ1) is 16.4. The third-order valence-corrected chi connectivity index (χ3v) is 2.21. The molecular formula is C9H8Cl2F5N. The van der Waals surface area contributed by atoms with E-state index in [2.05, 4.69) is 0 Å². The summed E-state index contributed by atoms with van der Waals surface area (Å²) in [4.78, 5) is 0. The summed E-state index contributed by atoms with van der Waals surface area (Å²) in [6, 6.07) is 2.18. The van der Waals surface area contributed by atoms with Crippen molar-refractivity contribution in [3.8, 4) is 0 Å². The van der Waals surface area contributed by atoms with Gasteiger partial charge >= 0.3 is 12.1 Å². The van der Waals surface area contributed by atoms with Gasteiger partial charge < -0.3 is 5.73 Å². The van der Waals surface area contributed by atoms with Gasteiger partial charge in [-0.25, -0.2) is 0 Å². The molecule has 0 bridgehead atoms. The van der Waals surface area contributed by atoms with Gasteiger partial charge in [-0.1, -0.05) is 23.7 Å². The second kappa shape index (κ2) is 5.37. The fourth-order valence-electron chi connectivity index (χ4n) is 1.09. The maximum Gasteiger partial charge on any atom is 0.455 e. The minimum absolute atomic E-state index is 0. The van der Waals surface area contributed by atoms with Gasteiger partial charge in [0.25, 0.3) is 0 Å². The second-order valence-electron chi connectivity index (χ2n) is 3.15. The highest BCUT2D eigenvalue weighted by Crippen LogP contribution is 2.43. The van der Waals surface area contributed by atoms with Gasteiger partial charge in [-0.2, -0.15) is 22.0 Å². The largest absolute Gasteiger partial charge is 0.455 e. The summed E-state index contributed by atoms with van der Waals surface area (Å²) in [5.74, 6) is -4.99. The van der Waals surface area contributed by atoms with E-state index in [0.29, 0.717) is 0 Å². The van der Waals surface area contributed by atoms with E-state index < -0.39 is 18.1 Å². The lowest BCUT2D eigenvalue weighted by Gasteiger charge is -2.25. The molecule has 2 N–H and O–H groups in total. The van der Waals surface area contributed by atoms with Gasteiger partial charge in [-0.15, -0.1) is 12.4 Å². The minimum Gasteiger partial charge on any atom is -0.319 e. The van der Waals surface area contributed by atoms with Crippen LogP contribution in [0.5, 0.6) is 0 Å². The van der Waals surface area contributed by atoms with Crippen molar-refractivity contribution in [2.24, 2.45) is 5.73 Å². The van der Waals surface area contributed by atoms with Gasteiger partial charge in [0, 0.05) is 5.02 Å². The van der Waals surface area contributed by atoms with Crippen molar-refractivity contribution in [1.29, 1.82) is 0 Å². The van der Waals surface area contributed by atoms with Crippen LogP contribution in [-0.2, 0) is 0 Å². The summed E-state index contributed by atoms with van der Waals surface area (Å²) in [5, 5.41) is 0.0472. The Morgan fingerprint density at radius 2 is 1.65 bits per heavy atom. The number of hydrogen-bond donors (Lipinski definition) is 1. The van der Waals surface area contributed by atoms with Crippen LogP contribution in [0.1, 0.15) is 11.6 Å². The number of hydrogen-bond acceptors (Lipinski definition) is 1.